The van der Waals surface area contributed by atoms with Crippen LogP contribution in [0.15, 0.2) is 47.4 Å². The molecule has 0 radical (unpaired) electrons. The number of hydrogen-bond donors (Lipinski definition) is 2. The van der Waals surface area contributed by atoms with Crippen molar-refractivity contribution in [3.63, 3.8) is 0 Å². The van der Waals surface area contributed by atoms with Gasteiger partial charge in [0.2, 0.25) is 15.9 Å². The highest BCUT2D eigenvalue weighted by Crippen LogP contribution is 2.31. The van der Waals surface area contributed by atoms with E-state index in [4.69, 9.17) is 31.0 Å². The molecule has 0 aliphatic carbocycles. The summed E-state index contributed by atoms with van der Waals surface area (Å²) in [5.41, 5.74) is 0.739. The summed E-state index contributed by atoms with van der Waals surface area (Å²) in [5, 5.41) is 10.6. The van der Waals surface area contributed by atoms with E-state index in [9.17, 15) is 26.4 Å². The van der Waals surface area contributed by atoms with Gasteiger partial charge >= 0.3 is 12.1 Å². The monoisotopic (exact) mass is 595 g/mol. The quantitative estimate of drug-likeness (QED) is 0.453. The number of hydrogen-bond acceptors (Lipinski definition) is 7. The number of halogens is 4. The molecular formula is C24H29ClF3N3O7S. The SMILES string of the molecule is COc1cccc(CN(CCC(=O)N2CCNCC2)S(=O)(=O)c2cc(Cl)ccc2OC)c1.O=C(O)C(F)(F)F. The summed E-state index contributed by atoms with van der Waals surface area (Å²) in [6, 6.07) is 11.6. The van der Waals surface area contributed by atoms with Gasteiger partial charge in [-0.25, -0.2) is 13.2 Å². The number of nitrogens with zero attached hydrogens (tertiary/aromatic N) is 2. The van der Waals surface area contributed by atoms with Crippen LogP contribution in [0, 0.1) is 0 Å². The van der Waals surface area contributed by atoms with E-state index in [2.05, 4.69) is 5.32 Å². The van der Waals surface area contributed by atoms with Crippen molar-refractivity contribution < 1.29 is 45.8 Å². The number of nitrogens with one attached hydrogen (secondary N) is 1. The van der Waals surface area contributed by atoms with E-state index < -0.39 is 22.2 Å². The molecule has 39 heavy (non-hydrogen) atoms. The van der Waals surface area contributed by atoms with E-state index in [1.54, 1.807) is 36.3 Å². The average molecular weight is 596 g/mol. The second kappa shape index (κ2) is 14.4. The fourth-order valence-corrected chi connectivity index (χ4v) is 5.39. The Labute approximate surface area is 229 Å². The van der Waals surface area contributed by atoms with Crippen molar-refractivity contribution in [2.24, 2.45) is 0 Å². The van der Waals surface area contributed by atoms with Crippen LogP contribution >= 0.6 is 11.6 Å². The second-order valence-electron chi connectivity index (χ2n) is 8.17. The Hall–Kier alpha value is -3.07. The van der Waals surface area contributed by atoms with Crippen LogP contribution in [0.25, 0.3) is 0 Å². The molecule has 1 fully saturated rings. The molecule has 1 heterocycles. The first kappa shape index (κ1) is 32.1. The fourth-order valence-electron chi connectivity index (χ4n) is 3.54. The predicted octanol–water partition coefficient (Wildman–Crippen LogP) is 3.00. The maximum atomic E-state index is 13.6. The minimum atomic E-state index is -5.08. The number of amides is 1. The van der Waals surface area contributed by atoms with Gasteiger partial charge in [-0.1, -0.05) is 23.7 Å². The molecule has 15 heteroatoms. The number of piperazine rings is 1. The zero-order chi connectivity index (χ0) is 29.2. The number of sulfonamides is 1. The van der Waals surface area contributed by atoms with E-state index in [1.165, 1.54) is 23.5 Å². The molecule has 2 aromatic rings. The molecule has 0 aromatic heterocycles. The van der Waals surface area contributed by atoms with Crippen LogP contribution in [0.2, 0.25) is 5.02 Å². The Morgan fingerprint density at radius 3 is 2.31 bits per heavy atom. The van der Waals surface area contributed by atoms with Gasteiger partial charge in [-0.15, -0.1) is 0 Å². The van der Waals surface area contributed by atoms with Crippen LogP contribution < -0.4 is 14.8 Å². The Kier molecular flexibility index (Phi) is 11.8. The van der Waals surface area contributed by atoms with Crippen LogP contribution in [0.1, 0.15) is 12.0 Å². The normalized spacial score (nSPS) is 13.9. The summed E-state index contributed by atoms with van der Waals surface area (Å²) in [6.45, 7) is 2.80. The Balaban J connectivity index is 0.000000673. The first-order valence-electron chi connectivity index (χ1n) is 11.5. The van der Waals surface area contributed by atoms with Gasteiger partial charge in [0.05, 0.1) is 14.2 Å². The molecule has 0 unspecified atom stereocenters. The number of ether oxygens (including phenoxy) is 2. The third-order valence-corrected chi connectivity index (χ3v) is 7.63. The molecule has 1 aliphatic heterocycles. The van der Waals surface area contributed by atoms with Crippen molar-refractivity contribution in [3.05, 3.63) is 53.1 Å². The van der Waals surface area contributed by atoms with Gasteiger partial charge < -0.3 is 24.8 Å². The van der Waals surface area contributed by atoms with Gasteiger partial charge in [-0.3, -0.25) is 4.79 Å². The number of carbonyl (C=O) groups excluding carboxylic acids is 1. The molecule has 0 atom stereocenters. The summed E-state index contributed by atoms with van der Waals surface area (Å²) in [4.78, 5) is 23.3. The van der Waals surface area contributed by atoms with Gasteiger partial charge in [0.15, 0.2) is 0 Å². The van der Waals surface area contributed by atoms with Crippen molar-refractivity contribution in [1.29, 1.82) is 0 Å². The summed E-state index contributed by atoms with van der Waals surface area (Å²) >= 11 is 6.09. The zero-order valence-corrected chi connectivity index (χ0v) is 22.8. The minimum absolute atomic E-state index is 0.0258. The molecular weight excluding hydrogens is 567 g/mol. The van der Waals surface area contributed by atoms with Crippen LogP contribution in [0.3, 0.4) is 0 Å². The largest absolute Gasteiger partial charge is 0.497 e. The minimum Gasteiger partial charge on any atom is -0.497 e. The number of carboxylic acid groups (broad SMARTS) is 1. The van der Waals surface area contributed by atoms with Crippen molar-refractivity contribution >= 4 is 33.5 Å². The molecule has 0 saturated carbocycles. The lowest BCUT2D eigenvalue weighted by Gasteiger charge is -2.29. The highest BCUT2D eigenvalue weighted by Gasteiger charge is 2.38. The molecule has 216 valence electrons. The number of rotatable bonds is 9. The summed E-state index contributed by atoms with van der Waals surface area (Å²) in [5.74, 6) is -2.02. The number of carboxylic acids is 1. The highest BCUT2D eigenvalue weighted by molar-refractivity contribution is 7.89. The van der Waals surface area contributed by atoms with Crippen molar-refractivity contribution in [1.82, 2.24) is 14.5 Å². The molecule has 1 aliphatic rings. The Bertz CT molecular complexity index is 1240. The van der Waals surface area contributed by atoms with E-state index in [1.807, 2.05) is 6.07 Å². The van der Waals surface area contributed by atoms with Gasteiger partial charge in [0, 0.05) is 50.7 Å². The lowest BCUT2D eigenvalue weighted by Crippen LogP contribution is -2.47. The van der Waals surface area contributed by atoms with Crippen molar-refractivity contribution in [2.75, 3.05) is 46.9 Å². The van der Waals surface area contributed by atoms with E-state index in [0.717, 1.165) is 18.7 Å². The van der Waals surface area contributed by atoms with Crippen molar-refractivity contribution in [2.45, 2.75) is 24.0 Å². The van der Waals surface area contributed by atoms with Crippen LogP contribution in [-0.2, 0) is 26.2 Å². The molecule has 1 saturated heterocycles. The van der Waals surface area contributed by atoms with Gasteiger partial charge in [-0.2, -0.15) is 17.5 Å². The Morgan fingerprint density at radius 1 is 1.10 bits per heavy atom. The second-order valence-corrected chi connectivity index (χ2v) is 10.5. The molecule has 0 bridgehead atoms. The first-order chi connectivity index (χ1) is 18.3. The van der Waals surface area contributed by atoms with Crippen LogP contribution in [0.5, 0.6) is 11.5 Å². The van der Waals surface area contributed by atoms with Gasteiger partial charge in [0.1, 0.15) is 16.4 Å². The first-order valence-corrected chi connectivity index (χ1v) is 13.4. The maximum absolute atomic E-state index is 13.6. The molecule has 2 aromatic carbocycles. The lowest BCUT2D eigenvalue weighted by atomic mass is 10.2. The predicted molar refractivity (Wildman–Crippen MR) is 136 cm³/mol. The lowest BCUT2D eigenvalue weighted by molar-refractivity contribution is -0.192. The number of benzene rings is 2. The summed E-state index contributed by atoms with van der Waals surface area (Å²) in [6.07, 6.45) is -5.01. The smallest absolute Gasteiger partial charge is 0.490 e. The van der Waals surface area contributed by atoms with E-state index in [0.29, 0.717) is 18.8 Å². The Morgan fingerprint density at radius 2 is 1.74 bits per heavy atom. The molecule has 1 amide bonds. The number of carbonyl (C=O) groups is 2. The molecule has 2 N–H and O–H groups in total. The van der Waals surface area contributed by atoms with Gasteiger partial charge in [-0.05, 0) is 35.9 Å². The standard InChI is InChI=1S/C22H28ClN3O5S.C2HF3O2/c1-30-19-5-3-4-17(14-19)16-26(11-8-22(27)25-12-9-24-10-13-25)32(28,29)21-15-18(23)6-7-20(21)31-2;3-2(4,5)1(6)7/h3-7,14-15,24H,8-13,16H2,1-2H3;(H,6,7). The third-order valence-electron chi connectivity index (χ3n) is 5.52. The molecule has 0 spiro atoms. The maximum Gasteiger partial charge on any atom is 0.490 e. The average Bonchev–Trinajstić information content (AvgIpc) is 2.91. The summed E-state index contributed by atoms with van der Waals surface area (Å²) in [7, 11) is -1.05. The molecule has 10 nitrogen and oxygen atoms in total. The van der Waals surface area contributed by atoms with E-state index >= 15 is 0 Å². The zero-order valence-electron chi connectivity index (χ0n) is 21.2. The number of aliphatic carboxylic acids is 1. The molecule has 3 rings (SSSR count). The van der Waals surface area contributed by atoms with Gasteiger partial charge in [0.25, 0.3) is 0 Å². The fraction of sp³-hybridized carbons (Fsp3) is 0.417. The number of methoxy groups -OCH3 is 2. The van der Waals surface area contributed by atoms with Crippen molar-refractivity contribution in [3.8, 4) is 11.5 Å². The van der Waals surface area contributed by atoms with Crippen LogP contribution in [-0.4, -0.2) is 87.7 Å². The third kappa shape index (κ3) is 9.56. The van der Waals surface area contributed by atoms with Crippen LogP contribution in [0.4, 0.5) is 13.2 Å². The summed E-state index contributed by atoms with van der Waals surface area (Å²) < 4.78 is 70.8. The highest BCUT2D eigenvalue weighted by atomic mass is 35.5. The number of alkyl halides is 3. The topological polar surface area (TPSA) is 125 Å². The van der Waals surface area contributed by atoms with E-state index in [-0.39, 0.29) is 41.1 Å².